The summed E-state index contributed by atoms with van der Waals surface area (Å²) in [6.07, 6.45) is 0.761. The fourth-order valence-corrected chi connectivity index (χ4v) is 1.28. The van der Waals surface area contributed by atoms with Gasteiger partial charge in [0.15, 0.2) is 0 Å². The van der Waals surface area contributed by atoms with Crippen LogP contribution in [-0.4, -0.2) is 19.6 Å². The highest BCUT2D eigenvalue weighted by molar-refractivity contribution is 5.89. The molecule has 2 N–H and O–H groups in total. The van der Waals surface area contributed by atoms with Gasteiger partial charge in [-0.2, -0.15) is 0 Å². The van der Waals surface area contributed by atoms with Crippen molar-refractivity contribution in [2.75, 3.05) is 13.7 Å². The van der Waals surface area contributed by atoms with Crippen molar-refractivity contribution in [3.8, 4) is 0 Å². The molecular weight excluding hydrogens is 190 g/mol. The van der Waals surface area contributed by atoms with Crippen LogP contribution in [0.15, 0.2) is 30.8 Å². The largest absolute Gasteiger partial charge is 0.465 e. The third-order valence-corrected chi connectivity index (χ3v) is 2.16. The number of nitrogens with two attached hydrogens (primary N) is 1. The van der Waals surface area contributed by atoms with Crippen LogP contribution in [0.25, 0.3) is 5.57 Å². The van der Waals surface area contributed by atoms with Crippen molar-refractivity contribution in [1.82, 2.24) is 0 Å². The van der Waals surface area contributed by atoms with E-state index >= 15 is 0 Å². The summed E-state index contributed by atoms with van der Waals surface area (Å²) >= 11 is 0. The highest BCUT2D eigenvalue weighted by atomic mass is 16.5. The smallest absolute Gasteiger partial charge is 0.337 e. The molecule has 0 fully saturated rings. The molecule has 0 heterocycles. The van der Waals surface area contributed by atoms with E-state index in [-0.39, 0.29) is 5.97 Å². The standard InChI is InChI=1S/C12H15NO2/c1-9(7-8-13)10-3-5-11(6-4-10)12(14)15-2/h3-6H,1,7-8,13H2,2H3. The summed E-state index contributed by atoms with van der Waals surface area (Å²) in [5.74, 6) is -0.328. The molecule has 0 bridgehead atoms. The third kappa shape index (κ3) is 2.92. The van der Waals surface area contributed by atoms with E-state index in [1.807, 2.05) is 12.1 Å². The van der Waals surface area contributed by atoms with E-state index in [0.29, 0.717) is 12.1 Å². The molecule has 1 aromatic rings. The van der Waals surface area contributed by atoms with E-state index < -0.39 is 0 Å². The zero-order chi connectivity index (χ0) is 11.3. The molecule has 0 aliphatic carbocycles. The van der Waals surface area contributed by atoms with Crippen LogP contribution < -0.4 is 5.73 Å². The second kappa shape index (κ2) is 5.32. The zero-order valence-electron chi connectivity index (χ0n) is 8.82. The number of methoxy groups -OCH3 is 1. The first-order chi connectivity index (χ1) is 7.19. The Balaban J connectivity index is 2.80. The summed E-state index contributed by atoms with van der Waals surface area (Å²) in [7, 11) is 1.36. The van der Waals surface area contributed by atoms with Gasteiger partial charge in [-0.1, -0.05) is 18.7 Å². The minimum atomic E-state index is -0.328. The Morgan fingerprint density at radius 3 is 2.33 bits per heavy atom. The fraction of sp³-hybridized carbons (Fsp3) is 0.250. The van der Waals surface area contributed by atoms with Crippen molar-refractivity contribution >= 4 is 11.5 Å². The summed E-state index contributed by atoms with van der Waals surface area (Å²) in [5, 5.41) is 0. The van der Waals surface area contributed by atoms with Crippen LogP contribution >= 0.6 is 0 Å². The lowest BCUT2D eigenvalue weighted by Gasteiger charge is -2.05. The van der Waals surface area contributed by atoms with Gasteiger partial charge < -0.3 is 10.5 Å². The predicted molar refractivity (Wildman–Crippen MR) is 60.5 cm³/mol. The average molecular weight is 205 g/mol. The first-order valence-electron chi connectivity index (χ1n) is 4.75. The van der Waals surface area contributed by atoms with Gasteiger partial charge in [0.05, 0.1) is 12.7 Å². The van der Waals surface area contributed by atoms with Crippen LogP contribution in [-0.2, 0) is 4.74 Å². The molecule has 1 aromatic carbocycles. The summed E-state index contributed by atoms with van der Waals surface area (Å²) in [4.78, 5) is 11.2. The molecule has 3 nitrogen and oxygen atoms in total. The van der Waals surface area contributed by atoms with E-state index in [0.717, 1.165) is 17.6 Å². The molecule has 0 aliphatic heterocycles. The van der Waals surface area contributed by atoms with Gasteiger partial charge in [-0.25, -0.2) is 4.79 Å². The Labute approximate surface area is 89.5 Å². The van der Waals surface area contributed by atoms with Crippen molar-refractivity contribution in [3.63, 3.8) is 0 Å². The number of carbonyl (C=O) groups is 1. The number of benzene rings is 1. The third-order valence-electron chi connectivity index (χ3n) is 2.16. The second-order valence-electron chi connectivity index (χ2n) is 3.21. The lowest BCUT2D eigenvalue weighted by molar-refractivity contribution is 0.0601. The molecule has 0 aliphatic rings. The van der Waals surface area contributed by atoms with Gasteiger partial charge in [-0.3, -0.25) is 0 Å². The van der Waals surface area contributed by atoms with Gasteiger partial charge in [0.2, 0.25) is 0 Å². The van der Waals surface area contributed by atoms with Gasteiger partial charge in [0, 0.05) is 0 Å². The molecule has 80 valence electrons. The maximum atomic E-state index is 11.2. The number of carbonyl (C=O) groups excluding carboxylic acids is 1. The Bertz CT molecular complexity index is 354. The molecule has 0 radical (unpaired) electrons. The van der Waals surface area contributed by atoms with E-state index in [1.54, 1.807) is 12.1 Å². The zero-order valence-corrected chi connectivity index (χ0v) is 8.82. The highest BCUT2D eigenvalue weighted by Gasteiger charge is 2.05. The van der Waals surface area contributed by atoms with Crippen molar-refractivity contribution in [2.45, 2.75) is 6.42 Å². The Morgan fingerprint density at radius 1 is 1.33 bits per heavy atom. The van der Waals surface area contributed by atoms with Crippen molar-refractivity contribution in [1.29, 1.82) is 0 Å². The maximum absolute atomic E-state index is 11.2. The number of hydrogen-bond acceptors (Lipinski definition) is 3. The van der Waals surface area contributed by atoms with Crippen LogP contribution in [0.3, 0.4) is 0 Å². The monoisotopic (exact) mass is 205 g/mol. The molecule has 0 saturated heterocycles. The van der Waals surface area contributed by atoms with E-state index in [9.17, 15) is 4.79 Å². The number of esters is 1. The summed E-state index contributed by atoms with van der Waals surface area (Å²) < 4.78 is 4.60. The second-order valence-corrected chi connectivity index (χ2v) is 3.21. The summed E-state index contributed by atoms with van der Waals surface area (Å²) in [5.41, 5.74) is 7.96. The highest BCUT2D eigenvalue weighted by Crippen LogP contribution is 2.16. The molecule has 3 heteroatoms. The van der Waals surface area contributed by atoms with Crippen LogP contribution in [0.2, 0.25) is 0 Å². The van der Waals surface area contributed by atoms with Crippen LogP contribution in [0.4, 0.5) is 0 Å². The number of ether oxygens (including phenoxy) is 1. The Kier molecular flexibility index (Phi) is 4.06. The van der Waals surface area contributed by atoms with Crippen molar-refractivity contribution < 1.29 is 9.53 Å². The normalized spacial score (nSPS) is 9.73. The van der Waals surface area contributed by atoms with Crippen molar-refractivity contribution in [2.24, 2.45) is 5.73 Å². The molecule has 0 aromatic heterocycles. The van der Waals surface area contributed by atoms with E-state index in [1.165, 1.54) is 7.11 Å². The van der Waals surface area contributed by atoms with Crippen molar-refractivity contribution in [3.05, 3.63) is 42.0 Å². The maximum Gasteiger partial charge on any atom is 0.337 e. The lowest BCUT2D eigenvalue weighted by Crippen LogP contribution is -2.02. The number of rotatable bonds is 4. The first kappa shape index (κ1) is 11.5. The van der Waals surface area contributed by atoms with E-state index in [2.05, 4.69) is 11.3 Å². The summed E-state index contributed by atoms with van der Waals surface area (Å²) in [6.45, 7) is 4.49. The number of hydrogen-bond donors (Lipinski definition) is 1. The molecule has 0 saturated carbocycles. The van der Waals surface area contributed by atoms with Crippen LogP contribution in [0, 0.1) is 0 Å². The average Bonchev–Trinajstić information content (AvgIpc) is 2.28. The minimum absolute atomic E-state index is 0.328. The topological polar surface area (TPSA) is 52.3 Å². The van der Waals surface area contributed by atoms with Gasteiger partial charge in [0.25, 0.3) is 0 Å². The van der Waals surface area contributed by atoms with Gasteiger partial charge >= 0.3 is 5.97 Å². The SMILES string of the molecule is C=C(CCN)c1ccc(C(=O)OC)cc1. The predicted octanol–water partition coefficient (Wildman–Crippen LogP) is 1.84. The minimum Gasteiger partial charge on any atom is -0.465 e. The molecule has 0 unspecified atom stereocenters. The Morgan fingerprint density at radius 2 is 1.87 bits per heavy atom. The summed E-state index contributed by atoms with van der Waals surface area (Å²) in [6, 6.07) is 7.15. The molecule has 0 amide bonds. The van der Waals surface area contributed by atoms with Crippen LogP contribution in [0.1, 0.15) is 22.3 Å². The van der Waals surface area contributed by atoms with Gasteiger partial charge in [-0.05, 0) is 36.2 Å². The lowest BCUT2D eigenvalue weighted by atomic mass is 10.0. The van der Waals surface area contributed by atoms with Gasteiger partial charge in [0.1, 0.15) is 0 Å². The molecule has 1 rings (SSSR count). The molecule has 0 spiro atoms. The van der Waals surface area contributed by atoms with Gasteiger partial charge in [-0.15, -0.1) is 0 Å². The molecule has 0 atom stereocenters. The first-order valence-corrected chi connectivity index (χ1v) is 4.75. The fourth-order valence-electron chi connectivity index (χ4n) is 1.28. The van der Waals surface area contributed by atoms with Crippen LogP contribution in [0.5, 0.6) is 0 Å². The van der Waals surface area contributed by atoms with E-state index in [4.69, 9.17) is 5.73 Å². The molecular formula is C12H15NO2. The Hall–Kier alpha value is -1.61. The quantitative estimate of drug-likeness (QED) is 0.763. The molecule has 15 heavy (non-hydrogen) atoms.